The van der Waals surface area contributed by atoms with E-state index in [-0.39, 0.29) is 10.8 Å². The first-order valence-corrected chi connectivity index (χ1v) is 6.26. The molecule has 2 aromatic carbocycles. The molecule has 0 saturated carbocycles. The molecule has 0 bridgehead atoms. The number of anilines is 1. The number of hydrogen-bond acceptors (Lipinski definition) is 1. The van der Waals surface area contributed by atoms with Gasteiger partial charge < -0.3 is 5.32 Å². The minimum atomic E-state index is -0.377. The molecule has 0 fully saturated rings. The summed E-state index contributed by atoms with van der Waals surface area (Å²) >= 11 is 11.6. The first-order valence-electron chi connectivity index (χ1n) is 5.51. The van der Waals surface area contributed by atoms with E-state index in [1.807, 2.05) is 19.1 Å². The normalized spacial score (nSPS) is 10.4. The van der Waals surface area contributed by atoms with Gasteiger partial charge in [-0.25, -0.2) is 4.39 Å². The van der Waals surface area contributed by atoms with E-state index in [1.165, 1.54) is 6.07 Å². The number of halogens is 3. The molecule has 4 heteroatoms. The second kappa shape index (κ2) is 5.59. The zero-order valence-electron chi connectivity index (χ0n) is 9.81. The summed E-state index contributed by atoms with van der Waals surface area (Å²) in [6, 6.07) is 10.5. The lowest BCUT2D eigenvalue weighted by molar-refractivity contribution is 0.613. The Morgan fingerprint density at radius 1 is 1.17 bits per heavy atom. The second-order valence-electron chi connectivity index (χ2n) is 4.03. The van der Waals surface area contributed by atoms with E-state index in [9.17, 15) is 4.39 Å². The molecule has 0 atom stereocenters. The van der Waals surface area contributed by atoms with Crippen LogP contribution in [0, 0.1) is 12.7 Å². The largest absolute Gasteiger partial charge is 0.381 e. The number of rotatable bonds is 3. The first kappa shape index (κ1) is 13.2. The van der Waals surface area contributed by atoms with Crippen molar-refractivity contribution >= 4 is 28.9 Å². The van der Waals surface area contributed by atoms with Gasteiger partial charge in [-0.2, -0.15) is 0 Å². The fourth-order valence-electron chi connectivity index (χ4n) is 1.70. The third-order valence-corrected chi connectivity index (χ3v) is 3.22. The van der Waals surface area contributed by atoms with Crippen molar-refractivity contribution < 1.29 is 4.39 Å². The van der Waals surface area contributed by atoms with Crippen LogP contribution in [0.2, 0.25) is 10.0 Å². The molecule has 18 heavy (non-hydrogen) atoms. The maximum atomic E-state index is 13.7. The fourth-order valence-corrected chi connectivity index (χ4v) is 2.12. The van der Waals surface area contributed by atoms with E-state index in [1.54, 1.807) is 18.2 Å². The Labute approximate surface area is 116 Å². The summed E-state index contributed by atoms with van der Waals surface area (Å²) in [5.41, 5.74) is 2.49. The predicted molar refractivity (Wildman–Crippen MR) is 74.9 cm³/mol. The average molecular weight is 284 g/mol. The van der Waals surface area contributed by atoms with E-state index in [2.05, 4.69) is 5.32 Å². The molecular formula is C14H12Cl2FN. The average Bonchev–Trinajstić information content (AvgIpc) is 2.33. The Kier molecular flexibility index (Phi) is 4.10. The maximum absolute atomic E-state index is 13.7. The van der Waals surface area contributed by atoms with Gasteiger partial charge >= 0.3 is 0 Å². The molecule has 2 rings (SSSR count). The van der Waals surface area contributed by atoms with Crippen LogP contribution in [-0.2, 0) is 6.54 Å². The van der Waals surface area contributed by atoms with Gasteiger partial charge in [0.2, 0.25) is 0 Å². The van der Waals surface area contributed by atoms with Gasteiger partial charge in [0.15, 0.2) is 0 Å². The van der Waals surface area contributed by atoms with Crippen LogP contribution in [-0.4, -0.2) is 0 Å². The van der Waals surface area contributed by atoms with Gasteiger partial charge in [-0.15, -0.1) is 0 Å². The van der Waals surface area contributed by atoms with Gasteiger partial charge in [0.1, 0.15) is 5.82 Å². The van der Waals surface area contributed by atoms with Crippen molar-refractivity contribution in [2.24, 2.45) is 0 Å². The van der Waals surface area contributed by atoms with Gasteiger partial charge in [0.25, 0.3) is 0 Å². The summed E-state index contributed by atoms with van der Waals surface area (Å²) < 4.78 is 13.7. The summed E-state index contributed by atoms with van der Waals surface area (Å²) in [7, 11) is 0. The van der Waals surface area contributed by atoms with E-state index < -0.39 is 0 Å². The van der Waals surface area contributed by atoms with Crippen LogP contribution >= 0.6 is 23.2 Å². The molecule has 2 aromatic rings. The van der Waals surface area contributed by atoms with Crippen LogP contribution in [0.1, 0.15) is 11.1 Å². The highest BCUT2D eigenvalue weighted by molar-refractivity contribution is 6.31. The lowest BCUT2D eigenvalue weighted by Gasteiger charge is -2.11. The monoisotopic (exact) mass is 283 g/mol. The third kappa shape index (κ3) is 2.95. The molecule has 0 spiro atoms. The van der Waals surface area contributed by atoms with Gasteiger partial charge in [0, 0.05) is 22.8 Å². The number of nitrogens with one attached hydrogen (secondary N) is 1. The van der Waals surface area contributed by atoms with Crippen molar-refractivity contribution in [3.05, 3.63) is 63.4 Å². The lowest BCUT2D eigenvalue weighted by atomic mass is 10.1. The molecule has 0 saturated heterocycles. The minimum absolute atomic E-state index is 0.141. The van der Waals surface area contributed by atoms with E-state index in [0.29, 0.717) is 17.1 Å². The molecule has 0 aliphatic carbocycles. The van der Waals surface area contributed by atoms with Crippen LogP contribution in [0.3, 0.4) is 0 Å². The Balaban J connectivity index is 2.14. The van der Waals surface area contributed by atoms with Gasteiger partial charge in [-0.05, 0) is 36.8 Å². The highest BCUT2D eigenvalue weighted by Gasteiger charge is 2.06. The standard InChI is InChI=1S/C14H12Cl2FN/c1-9-7-11(15)5-6-13(9)18-8-10-3-2-4-12(16)14(10)17/h2-7,18H,8H2,1H3. The number of hydrogen-bond donors (Lipinski definition) is 1. The molecule has 0 radical (unpaired) electrons. The molecular weight excluding hydrogens is 272 g/mol. The summed E-state index contributed by atoms with van der Waals surface area (Å²) in [6.45, 7) is 2.33. The first-order chi connectivity index (χ1) is 8.58. The Morgan fingerprint density at radius 3 is 2.67 bits per heavy atom. The molecule has 0 unspecified atom stereocenters. The maximum Gasteiger partial charge on any atom is 0.146 e. The summed E-state index contributed by atoms with van der Waals surface area (Å²) in [5, 5.41) is 4.00. The van der Waals surface area contributed by atoms with Crippen LogP contribution in [0.15, 0.2) is 36.4 Å². The lowest BCUT2D eigenvalue weighted by Crippen LogP contribution is -2.03. The van der Waals surface area contributed by atoms with Crippen molar-refractivity contribution in [3.8, 4) is 0 Å². The van der Waals surface area contributed by atoms with Crippen LogP contribution in [0.4, 0.5) is 10.1 Å². The molecule has 94 valence electrons. The number of benzene rings is 2. The Bertz CT molecular complexity index is 570. The van der Waals surface area contributed by atoms with E-state index in [4.69, 9.17) is 23.2 Å². The summed E-state index contributed by atoms with van der Waals surface area (Å²) in [6.07, 6.45) is 0. The molecule has 0 amide bonds. The highest BCUT2D eigenvalue weighted by Crippen LogP contribution is 2.22. The Hall–Kier alpha value is -1.25. The molecule has 1 N–H and O–H groups in total. The van der Waals surface area contributed by atoms with E-state index in [0.717, 1.165) is 11.3 Å². The van der Waals surface area contributed by atoms with Gasteiger partial charge in [-0.3, -0.25) is 0 Å². The van der Waals surface area contributed by atoms with Crippen molar-refractivity contribution in [1.29, 1.82) is 0 Å². The van der Waals surface area contributed by atoms with Gasteiger partial charge in [0.05, 0.1) is 5.02 Å². The molecule has 0 aliphatic heterocycles. The zero-order chi connectivity index (χ0) is 13.1. The molecule has 0 aliphatic rings. The Morgan fingerprint density at radius 2 is 1.94 bits per heavy atom. The SMILES string of the molecule is Cc1cc(Cl)ccc1NCc1cccc(Cl)c1F. The van der Waals surface area contributed by atoms with Crippen molar-refractivity contribution in [2.45, 2.75) is 13.5 Å². The quantitative estimate of drug-likeness (QED) is 0.831. The predicted octanol–water partition coefficient (Wildman–Crippen LogP) is 5.05. The molecule has 0 aromatic heterocycles. The zero-order valence-corrected chi connectivity index (χ0v) is 11.3. The summed E-state index contributed by atoms with van der Waals surface area (Å²) in [4.78, 5) is 0. The molecule has 0 heterocycles. The van der Waals surface area contributed by atoms with Gasteiger partial charge in [-0.1, -0.05) is 35.3 Å². The fraction of sp³-hybridized carbons (Fsp3) is 0.143. The smallest absolute Gasteiger partial charge is 0.146 e. The third-order valence-electron chi connectivity index (χ3n) is 2.69. The van der Waals surface area contributed by atoms with Crippen LogP contribution in [0.25, 0.3) is 0 Å². The van der Waals surface area contributed by atoms with Crippen LogP contribution < -0.4 is 5.32 Å². The van der Waals surface area contributed by atoms with Crippen molar-refractivity contribution in [2.75, 3.05) is 5.32 Å². The number of aryl methyl sites for hydroxylation is 1. The molecule has 1 nitrogen and oxygen atoms in total. The van der Waals surface area contributed by atoms with E-state index >= 15 is 0 Å². The van der Waals surface area contributed by atoms with Crippen molar-refractivity contribution in [1.82, 2.24) is 0 Å². The highest BCUT2D eigenvalue weighted by atomic mass is 35.5. The summed E-state index contributed by atoms with van der Waals surface area (Å²) in [5.74, 6) is -0.377. The topological polar surface area (TPSA) is 12.0 Å². The van der Waals surface area contributed by atoms with Crippen molar-refractivity contribution in [3.63, 3.8) is 0 Å². The van der Waals surface area contributed by atoms with Crippen LogP contribution in [0.5, 0.6) is 0 Å². The second-order valence-corrected chi connectivity index (χ2v) is 4.87. The minimum Gasteiger partial charge on any atom is -0.381 e.